The zero-order valence-corrected chi connectivity index (χ0v) is 80.5. The summed E-state index contributed by atoms with van der Waals surface area (Å²) in [6.07, 6.45) is 25.8. The van der Waals surface area contributed by atoms with E-state index in [9.17, 15) is 0 Å². The number of aliphatic imine (C=N–C) groups is 2. The molecule has 1 unspecified atom stereocenters. The van der Waals surface area contributed by atoms with Crippen molar-refractivity contribution in [3.8, 4) is 0 Å². The number of allylic oxidation sites excluding steroid dienone is 3. The molecule has 116 heavy (non-hydrogen) atoms. The first-order chi connectivity index (χ1) is 56.0. The predicted octanol–water partition coefficient (Wildman–Crippen LogP) is 15.1. The number of thioether (sulfide) groups is 5. The Balaban J connectivity index is 0.000000336. The highest BCUT2D eigenvalue weighted by Crippen LogP contribution is 2.29. The molecule has 8 fully saturated rings. The average molecular weight is 1740 g/mol. The highest BCUT2D eigenvalue weighted by molar-refractivity contribution is 8.02. The monoisotopic (exact) mass is 1740 g/mol. The maximum absolute atomic E-state index is 6.04. The first-order valence-electron chi connectivity index (χ1n) is 41.9. The molecule has 9 heterocycles. The van der Waals surface area contributed by atoms with E-state index in [1.165, 1.54) is 168 Å². The van der Waals surface area contributed by atoms with Gasteiger partial charge in [0.25, 0.3) is 0 Å². The van der Waals surface area contributed by atoms with Gasteiger partial charge in [-0.1, -0.05) is 126 Å². The topological polar surface area (TPSA) is 157 Å². The van der Waals surface area contributed by atoms with Gasteiger partial charge in [0, 0.05) is 158 Å². The molecular weight excluding hydrogens is 1580 g/mol. The highest BCUT2D eigenvalue weighted by atomic mass is 35.5. The second-order valence-electron chi connectivity index (χ2n) is 30.7. The minimum Gasteiger partial charge on any atom is -0.492 e. The molecule has 28 heteroatoms. The van der Waals surface area contributed by atoms with Crippen LogP contribution in [0.2, 0.25) is 0 Å². The van der Waals surface area contributed by atoms with Crippen LogP contribution in [0.1, 0.15) is 107 Å². The molecule has 7 saturated heterocycles. The van der Waals surface area contributed by atoms with Crippen molar-refractivity contribution >= 4 is 115 Å². The summed E-state index contributed by atoms with van der Waals surface area (Å²) in [6.45, 7) is 55.1. The van der Waals surface area contributed by atoms with Crippen LogP contribution in [0.4, 0.5) is 0 Å². The number of hydrogen-bond donors (Lipinski definition) is 2. The molecule has 3 aromatic carbocycles. The van der Waals surface area contributed by atoms with Gasteiger partial charge in [-0.05, 0) is 265 Å². The molecule has 8 aliphatic heterocycles. The van der Waals surface area contributed by atoms with E-state index in [4.69, 9.17) is 16.3 Å². The molecule has 13 rings (SSSR count). The lowest BCUT2D eigenvalue weighted by Crippen LogP contribution is -2.45. The summed E-state index contributed by atoms with van der Waals surface area (Å²) in [6, 6.07) is 28.2. The van der Waals surface area contributed by atoms with Gasteiger partial charge >= 0.3 is 0 Å². The van der Waals surface area contributed by atoms with Crippen LogP contribution in [0.3, 0.4) is 0 Å². The van der Waals surface area contributed by atoms with Gasteiger partial charge < -0.3 is 44.8 Å². The number of benzene rings is 3. The van der Waals surface area contributed by atoms with Crippen molar-refractivity contribution in [1.82, 2.24) is 75.1 Å². The van der Waals surface area contributed by atoms with Crippen molar-refractivity contribution in [2.75, 3.05) is 245 Å². The fraction of sp³-hybridized carbons (Fsp3) is 0.670. The number of likely N-dealkylation sites (tertiary alicyclic amines) is 3. The fourth-order valence-corrected chi connectivity index (χ4v) is 17.3. The smallest absolute Gasteiger partial charge is 0.174 e. The van der Waals surface area contributed by atoms with Crippen LogP contribution in [0.25, 0.3) is 0 Å². The van der Waals surface area contributed by atoms with Crippen LogP contribution in [0.15, 0.2) is 139 Å². The zero-order valence-electron chi connectivity index (χ0n) is 74.9. The molecule has 2 N–H and O–H groups in total. The Morgan fingerprint density at radius 1 is 0.483 bits per heavy atom. The molecule has 1 aromatic heterocycles. The van der Waals surface area contributed by atoms with E-state index in [-0.39, 0.29) is 0 Å². The third-order valence-electron chi connectivity index (χ3n) is 21.7. The van der Waals surface area contributed by atoms with E-state index < -0.39 is 0 Å². The van der Waals surface area contributed by atoms with Crippen molar-refractivity contribution in [3.05, 3.63) is 117 Å². The maximum Gasteiger partial charge on any atom is 0.174 e. The normalized spacial score (nSPS) is 20.6. The maximum atomic E-state index is 6.04. The van der Waals surface area contributed by atoms with Gasteiger partial charge in [0.1, 0.15) is 12.4 Å². The summed E-state index contributed by atoms with van der Waals surface area (Å²) < 4.78 is 7.42. The standard InChI is InChI=1S/C20H26N2.C9H13ClO.C8H18N2.C8H14N2.C8H10S2.C7H15NS.C6H12N4.C6H13N3.2C6H14N2.C4H6N2S3/c1-17-3-7-19(8-4-17)15-21-11-13-22(14-12-21)16-20-9-5-18(2)6-10-20;1-3-7-5-6-11-8(4-2)9(7)10;1-9-7-8-3-5-10(2)6-4-8;1-9-7-3-5-8(10-2)6-4-7;1-9-7-4-3-5-8(6-7)10-2;1-8-5-3-7(9-2)4-6-8;1-7-9-3-5-10(8-2)6-4-9;1-7-9-5-3-8(2)4-6-9;1-7-3-5-8(2)6-4-7;1-7-6-3-4-8(2)5-6;1-7-3-5-6-4(8-2)9-3/h3-10H,11-16H2,1-2H3;5H,3-4,6H2,1-2H3;8-9H,3-7H2,1-2H3;7-8H,1-6H2;3-6H,1-2H3;7H,3-6H2,1-2H3;1-6H2;1,3-6H2,2H3;3-6H2,1-2H3;6-7H,3-5H2,1-2H3;1-2H3. The third kappa shape index (κ3) is 47.9. The molecule has 9 aliphatic rings. The first-order valence-corrected chi connectivity index (χ1v) is 49.3. The number of likely N-dealkylation sites (N-methyl/N-ethyl adjacent to an activating group) is 5. The molecule has 1 saturated carbocycles. The molecule has 0 radical (unpaired) electrons. The van der Waals surface area contributed by atoms with Crippen LogP contribution in [0, 0.1) is 19.8 Å². The lowest BCUT2D eigenvalue weighted by Gasteiger charge is -2.34. The van der Waals surface area contributed by atoms with Gasteiger partial charge in [0.05, 0.1) is 31.2 Å². The number of hydrogen-bond acceptors (Lipinski definition) is 27. The summed E-state index contributed by atoms with van der Waals surface area (Å²) in [4.78, 5) is 30.0. The largest absolute Gasteiger partial charge is 0.492 e. The Labute approximate surface area is 736 Å². The van der Waals surface area contributed by atoms with E-state index in [0.717, 1.165) is 141 Å². The number of piperidine rings is 2. The minimum atomic E-state index is 0.498. The molecule has 0 bridgehead atoms. The van der Waals surface area contributed by atoms with Crippen LogP contribution in [0.5, 0.6) is 0 Å². The Morgan fingerprint density at radius 3 is 1.19 bits per heavy atom. The third-order valence-corrected chi connectivity index (χ3v) is 27.6. The number of halogens is 1. The van der Waals surface area contributed by atoms with Gasteiger partial charge in [-0.3, -0.25) is 34.8 Å². The number of ether oxygens (including phenoxy) is 1. The van der Waals surface area contributed by atoms with E-state index in [1.54, 1.807) is 58.4 Å². The lowest BCUT2D eigenvalue weighted by atomic mass is 9.92. The predicted molar refractivity (Wildman–Crippen MR) is 518 cm³/mol. The van der Waals surface area contributed by atoms with Crippen LogP contribution in [-0.4, -0.2) is 366 Å². The van der Waals surface area contributed by atoms with E-state index in [1.807, 2.05) is 59.5 Å². The Kier molecular flexibility index (Phi) is 60.0. The van der Waals surface area contributed by atoms with E-state index >= 15 is 0 Å². The molecule has 656 valence electrons. The number of nitrogens with zero attached hydrogens (tertiary/aromatic N) is 18. The summed E-state index contributed by atoms with van der Waals surface area (Å²) in [7, 11) is 17.1. The summed E-state index contributed by atoms with van der Waals surface area (Å²) >= 11 is 16.5. The van der Waals surface area contributed by atoms with Gasteiger partial charge in [0.15, 0.2) is 8.68 Å². The number of hydrazone groups is 3. The Hall–Kier alpha value is -4.11. The minimum absolute atomic E-state index is 0.498. The van der Waals surface area contributed by atoms with Crippen molar-refractivity contribution in [3.63, 3.8) is 0 Å². The average Bonchev–Trinajstić information content (AvgIpc) is 1.19. The Morgan fingerprint density at radius 2 is 0.871 bits per heavy atom. The van der Waals surface area contributed by atoms with Crippen LogP contribution in [-0.2, 0) is 17.8 Å². The number of aryl methyl sites for hydroxylation is 2. The van der Waals surface area contributed by atoms with Gasteiger partial charge in [-0.2, -0.15) is 27.1 Å². The molecule has 1 aliphatic carbocycles. The van der Waals surface area contributed by atoms with Crippen LogP contribution < -0.4 is 10.6 Å². The first kappa shape index (κ1) is 106. The van der Waals surface area contributed by atoms with E-state index in [0.29, 0.717) is 18.7 Å². The van der Waals surface area contributed by atoms with Crippen molar-refractivity contribution in [1.29, 1.82) is 0 Å². The molecular formula is C88H155ClN20OS6. The second-order valence-corrected chi connectivity index (χ2v) is 37.1. The summed E-state index contributed by atoms with van der Waals surface area (Å²) in [5.41, 5.74) is 6.75. The zero-order chi connectivity index (χ0) is 85.3. The van der Waals surface area contributed by atoms with Gasteiger partial charge in [-0.15, -0.1) is 33.7 Å². The molecule has 0 spiro atoms. The molecule has 0 amide bonds. The highest BCUT2D eigenvalue weighted by Gasteiger charge is 2.22. The molecule has 4 aromatic rings. The van der Waals surface area contributed by atoms with Crippen LogP contribution >= 0.6 is 81.7 Å². The molecule has 21 nitrogen and oxygen atoms in total. The summed E-state index contributed by atoms with van der Waals surface area (Å²) in [5.74, 6) is 1.87. The SMILES string of the molecule is C=NC1CCC(N=C)CC1.C=NN1CCN(C)CC1.C=NN1CCN(N=C)CC1.CCC1=CCOC(CC)=C1Cl.CN1CCN(C)CC1.CNC1CCN(C)C1.CNCC1CCN(C)CC1.CSC1CCN(C)CC1.CSc1cccc(SC)c1.CSc1nnc(SC)s1.Cc1ccc(CN2CCN(Cc3ccc(C)cc3)CC2)cc1. The Bertz CT molecular complexity index is 3050. The lowest BCUT2D eigenvalue weighted by molar-refractivity contribution is 0.122. The fourth-order valence-electron chi connectivity index (χ4n) is 13.4. The number of piperazine rings is 4. The van der Waals surface area contributed by atoms with E-state index in [2.05, 4.69) is 280 Å². The van der Waals surface area contributed by atoms with Crippen molar-refractivity contribution < 1.29 is 4.74 Å². The number of aromatic nitrogens is 2. The number of nitrogens with one attached hydrogen (secondary N) is 2. The van der Waals surface area contributed by atoms with Crippen molar-refractivity contribution in [2.45, 2.75) is 153 Å². The van der Waals surface area contributed by atoms with Gasteiger partial charge in [-0.25, -0.2) is 0 Å². The second kappa shape index (κ2) is 65.6. The quantitative estimate of drug-likeness (QED) is 0.0674. The van der Waals surface area contributed by atoms with Crippen molar-refractivity contribution in [2.24, 2.45) is 31.2 Å². The molecule has 1 atom stereocenters. The van der Waals surface area contributed by atoms with Gasteiger partial charge in [0.2, 0.25) is 0 Å². The number of rotatable bonds is 19. The summed E-state index contributed by atoms with van der Waals surface area (Å²) in [5, 5.41) is 33.4.